The van der Waals surface area contributed by atoms with Crippen molar-refractivity contribution in [2.75, 3.05) is 26.2 Å². The molecule has 208 valence electrons. The maximum Gasteiger partial charge on any atom is 0.410 e. The highest BCUT2D eigenvalue weighted by molar-refractivity contribution is 5.82. The highest BCUT2D eigenvalue weighted by Gasteiger charge is 2.43. The van der Waals surface area contributed by atoms with Crippen molar-refractivity contribution in [3.05, 3.63) is 59.7 Å². The Labute approximate surface area is 226 Å². The van der Waals surface area contributed by atoms with Crippen LogP contribution in [0.25, 0.3) is 11.1 Å². The van der Waals surface area contributed by atoms with E-state index < -0.39 is 42.0 Å². The highest BCUT2D eigenvalue weighted by Crippen LogP contribution is 2.44. The van der Waals surface area contributed by atoms with E-state index in [1.807, 2.05) is 48.5 Å². The average Bonchev–Trinajstić information content (AvgIpc) is 3.44. The van der Waals surface area contributed by atoms with Gasteiger partial charge < -0.3 is 30.0 Å². The van der Waals surface area contributed by atoms with Gasteiger partial charge in [0.2, 0.25) is 0 Å². The van der Waals surface area contributed by atoms with E-state index >= 15 is 0 Å². The molecule has 4 rings (SSSR count). The summed E-state index contributed by atoms with van der Waals surface area (Å²) in [5.41, 5.74) is 3.61. The molecule has 1 aliphatic carbocycles. The number of nitrogens with one attached hydrogen (secondary N) is 2. The van der Waals surface area contributed by atoms with Crippen LogP contribution in [0.3, 0.4) is 0 Å². The second kappa shape index (κ2) is 11.6. The molecule has 3 amide bonds. The monoisotopic (exact) mass is 539 g/mol. The van der Waals surface area contributed by atoms with Gasteiger partial charge in [-0.15, -0.1) is 0 Å². The summed E-state index contributed by atoms with van der Waals surface area (Å²) in [6, 6.07) is 14.6. The molecular weight excluding hydrogens is 506 g/mol. The Morgan fingerprint density at radius 1 is 0.923 bits per heavy atom. The molecule has 39 heavy (non-hydrogen) atoms. The molecule has 0 unspecified atom stereocenters. The van der Waals surface area contributed by atoms with E-state index in [1.54, 1.807) is 20.8 Å². The third kappa shape index (κ3) is 6.78. The zero-order valence-electron chi connectivity index (χ0n) is 22.1. The van der Waals surface area contributed by atoms with Crippen molar-refractivity contribution in [2.45, 2.75) is 50.9 Å². The predicted octanol–water partition coefficient (Wildman–Crippen LogP) is 3.71. The Balaban J connectivity index is 1.28. The van der Waals surface area contributed by atoms with Crippen LogP contribution in [0.1, 0.15) is 44.2 Å². The van der Waals surface area contributed by atoms with Crippen molar-refractivity contribution in [1.29, 1.82) is 0 Å². The minimum Gasteiger partial charge on any atom is -0.480 e. The smallest absolute Gasteiger partial charge is 0.410 e. The molecule has 1 heterocycles. The number of carboxylic acids is 1. The number of carboxylic acid groups (broad SMARTS) is 1. The standard InChI is InChI=1S/C28H33N3O8/c1-28(2,3)39-26(35)30-13-12-29-25(34)38-17-14-23(24(32)33)31(15-17)27(36)37-16-22-20-10-6-4-8-18(20)19-9-5-7-11-21(19)22/h4-11,17,22-23H,12-16H2,1-3H3,(H,29,34)(H,30,35)(H,32,33)/t17-,23-/m1/s1. The van der Waals surface area contributed by atoms with Gasteiger partial charge in [0.15, 0.2) is 0 Å². The van der Waals surface area contributed by atoms with Gasteiger partial charge in [-0.1, -0.05) is 48.5 Å². The second-order valence-corrected chi connectivity index (χ2v) is 10.4. The molecule has 11 nitrogen and oxygen atoms in total. The Morgan fingerprint density at radius 2 is 1.49 bits per heavy atom. The summed E-state index contributed by atoms with van der Waals surface area (Å²) in [5, 5.41) is 14.7. The fourth-order valence-corrected chi connectivity index (χ4v) is 4.83. The van der Waals surface area contributed by atoms with Crippen LogP contribution < -0.4 is 10.6 Å². The molecule has 0 spiro atoms. The molecule has 2 aromatic rings. The number of alkyl carbamates (subject to hydrolysis) is 2. The Morgan fingerprint density at radius 3 is 2.05 bits per heavy atom. The van der Waals surface area contributed by atoms with Crippen LogP contribution in [-0.2, 0) is 19.0 Å². The molecule has 2 aromatic carbocycles. The van der Waals surface area contributed by atoms with Crippen LogP contribution in [-0.4, -0.2) is 78.2 Å². The van der Waals surface area contributed by atoms with Crippen LogP contribution in [0, 0.1) is 0 Å². The number of likely N-dealkylation sites (tertiary alicyclic amines) is 1. The first kappa shape index (κ1) is 27.7. The molecule has 2 aliphatic rings. The molecule has 1 fully saturated rings. The predicted molar refractivity (Wildman–Crippen MR) is 140 cm³/mol. The van der Waals surface area contributed by atoms with Crippen molar-refractivity contribution < 1.29 is 38.5 Å². The number of rotatable bonds is 7. The molecule has 0 bridgehead atoms. The lowest BCUT2D eigenvalue weighted by Gasteiger charge is -2.22. The van der Waals surface area contributed by atoms with Crippen molar-refractivity contribution in [1.82, 2.24) is 15.5 Å². The van der Waals surface area contributed by atoms with E-state index in [1.165, 1.54) is 0 Å². The van der Waals surface area contributed by atoms with E-state index in [0.717, 1.165) is 27.2 Å². The van der Waals surface area contributed by atoms with E-state index in [9.17, 15) is 24.3 Å². The number of ether oxygens (including phenoxy) is 3. The van der Waals surface area contributed by atoms with Gasteiger partial charge in [-0.3, -0.25) is 4.90 Å². The van der Waals surface area contributed by atoms with E-state index in [4.69, 9.17) is 14.2 Å². The average molecular weight is 540 g/mol. The van der Waals surface area contributed by atoms with Crippen molar-refractivity contribution >= 4 is 24.2 Å². The number of hydrogen-bond acceptors (Lipinski definition) is 7. The molecule has 11 heteroatoms. The SMILES string of the molecule is CC(C)(C)OC(=O)NCCNC(=O)O[C@@H]1C[C@H](C(=O)O)N(C(=O)OCC2c3ccccc3-c3ccccc32)C1. The van der Waals surface area contributed by atoms with Gasteiger partial charge in [-0.2, -0.15) is 0 Å². The van der Waals surface area contributed by atoms with Gasteiger partial charge in [-0.05, 0) is 43.0 Å². The number of carbonyl (C=O) groups excluding carboxylic acids is 3. The number of amides is 3. The van der Waals surface area contributed by atoms with Crippen molar-refractivity contribution in [3.63, 3.8) is 0 Å². The molecule has 0 radical (unpaired) electrons. The third-order valence-electron chi connectivity index (χ3n) is 6.45. The van der Waals surface area contributed by atoms with Crippen molar-refractivity contribution in [2.24, 2.45) is 0 Å². The molecule has 1 saturated heterocycles. The number of nitrogens with zero attached hydrogens (tertiary/aromatic N) is 1. The summed E-state index contributed by atoms with van der Waals surface area (Å²) < 4.78 is 16.0. The third-order valence-corrected chi connectivity index (χ3v) is 6.45. The van der Waals surface area contributed by atoms with Gasteiger partial charge in [0.1, 0.15) is 24.4 Å². The van der Waals surface area contributed by atoms with Crippen LogP contribution in [0.15, 0.2) is 48.5 Å². The number of fused-ring (bicyclic) bond motifs is 3. The Bertz CT molecular complexity index is 1200. The van der Waals surface area contributed by atoms with Crippen LogP contribution in [0.5, 0.6) is 0 Å². The summed E-state index contributed by atoms with van der Waals surface area (Å²) >= 11 is 0. The number of carbonyl (C=O) groups is 4. The maximum atomic E-state index is 13.0. The summed E-state index contributed by atoms with van der Waals surface area (Å²) in [6.07, 6.45) is -3.08. The molecule has 2 atom stereocenters. The first-order chi connectivity index (χ1) is 18.5. The quantitative estimate of drug-likeness (QED) is 0.357. The fourth-order valence-electron chi connectivity index (χ4n) is 4.83. The van der Waals surface area contributed by atoms with Gasteiger partial charge in [0.25, 0.3) is 0 Å². The van der Waals surface area contributed by atoms with Gasteiger partial charge >= 0.3 is 24.2 Å². The number of benzene rings is 2. The maximum absolute atomic E-state index is 13.0. The molecule has 3 N–H and O–H groups in total. The lowest BCUT2D eigenvalue weighted by atomic mass is 9.98. The van der Waals surface area contributed by atoms with Gasteiger partial charge in [0.05, 0.1) is 6.54 Å². The molecular formula is C28H33N3O8. The van der Waals surface area contributed by atoms with Crippen molar-refractivity contribution in [3.8, 4) is 11.1 Å². The molecule has 1 aliphatic heterocycles. The zero-order valence-corrected chi connectivity index (χ0v) is 22.1. The molecule has 0 aromatic heterocycles. The summed E-state index contributed by atoms with van der Waals surface area (Å²) in [5.74, 6) is -1.38. The largest absolute Gasteiger partial charge is 0.480 e. The second-order valence-electron chi connectivity index (χ2n) is 10.4. The normalized spacial score (nSPS) is 18.1. The lowest BCUT2D eigenvalue weighted by Crippen LogP contribution is -2.41. The first-order valence-electron chi connectivity index (χ1n) is 12.8. The van der Waals surface area contributed by atoms with Crippen LogP contribution >= 0.6 is 0 Å². The Hall–Kier alpha value is -4.28. The summed E-state index contributed by atoms with van der Waals surface area (Å²) in [4.78, 5) is 49.8. The summed E-state index contributed by atoms with van der Waals surface area (Å²) in [7, 11) is 0. The zero-order chi connectivity index (χ0) is 28.2. The van der Waals surface area contributed by atoms with Gasteiger partial charge in [-0.25, -0.2) is 19.2 Å². The van der Waals surface area contributed by atoms with Gasteiger partial charge in [0, 0.05) is 25.4 Å². The lowest BCUT2D eigenvalue weighted by molar-refractivity contribution is -0.141. The van der Waals surface area contributed by atoms with E-state index in [2.05, 4.69) is 10.6 Å². The van der Waals surface area contributed by atoms with E-state index in [0.29, 0.717) is 0 Å². The van der Waals surface area contributed by atoms with Crippen LogP contribution in [0.4, 0.5) is 14.4 Å². The highest BCUT2D eigenvalue weighted by atomic mass is 16.6. The molecule has 0 saturated carbocycles. The minimum atomic E-state index is -1.21. The number of aliphatic carboxylic acids is 1. The summed E-state index contributed by atoms with van der Waals surface area (Å²) in [6.45, 7) is 5.32. The van der Waals surface area contributed by atoms with Crippen LogP contribution in [0.2, 0.25) is 0 Å². The number of hydrogen-bond donors (Lipinski definition) is 3. The fraction of sp³-hybridized carbons (Fsp3) is 0.429. The minimum absolute atomic E-state index is 0.0480. The Kier molecular flexibility index (Phi) is 8.27. The van der Waals surface area contributed by atoms with E-state index in [-0.39, 0.29) is 38.6 Å². The first-order valence-corrected chi connectivity index (χ1v) is 12.8. The topological polar surface area (TPSA) is 144 Å².